The van der Waals surface area contributed by atoms with Gasteiger partial charge in [0.2, 0.25) is 0 Å². The van der Waals surface area contributed by atoms with Gasteiger partial charge >= 0.3 is 5.97 Å². The number of carboxylic acids is 1. The van der Waals surface area contributed by atoms with Crippen LogP contribution in [-0.2, 0) is 10.3 Å². The van der Waals surface area contributed by atoms with Crippen LogP contribution in [0.25, 0.3) is 0 Å². The minimum absolute atomic E-state index is 0.268. The molecule has 0 fully saturated rings. The van der Waals surface area contributed by atoms with Crippen LogP contribution in [0.1, 0.15) is 29.3 Å². The van der Waals surface area contributed by atoms with E-state index in [9.17, 15) is 14.7 Å². The number of aliphatic carboxylic acids is 1. The molecular formula is C19H21NO5. The Labute approximate surface area is 146 Å². The summed E-state index contributed by atoms with van der Waals surface area (Å²) in [6, 6.07) is 13.7. The van der Waals surface area contributed by atoms with Gasteiger partial charge in [0.1, 0.15) is 11.5 Å². The minimum atomic E-state index is -1.10. The summed E-state index contributed by atoms with van der Waals surface area (Å²) >= 11 is 0. The predicted molar refractivity (Wildman–Crippen MR) is 93.1 cm³/mol. The second-order valence-corrected chi connectivity index (χ2v) is 5.82. The van der Waals surface area contributed by atoms with E-state index in [-0.39, 0.29) is 12.3 Å². The fourth-order valence-electron chi connectivity index (χ4n) is 2.57. The molecule has 2 N–H and O–H groups in total. The van der Waals surface area contributed by atoms with Crippen molar-refractivity contribution in [3.63, 3.8) is 0 Å². The number of ether oxygens (including phenoxy) is 2. The highest BCUT2D eigenvalue weighted by Gasteiger charge is 2.32. The summed E-state index contributed by atoms with van der Waals surface area (Å²) in [7, 11) is 3.05. The van der Waals surface area contributed by atoms with Crippen molar-refractivity contribution in [1.82, 2.24) is 5.32 Å². The number of carboxylic acid groups (broad SMARTS) is 1. The number of hydrogen-bond acceptors (Lipinski definition) is 4. The number of carbonyl (C=O) groups is 2. The van der Waals surface area contributed by atoms with Gasteiger partial charge in [-0.25, -0.2) is 0 Å². The van der Waals surface area contributed by atoms with Crippen molar-refractivity contribution >= 4 is 11.9 Å². The van der Waals surface area contributed by atoms with Gasteiger partial charge < -0.3 is 19.9 Å². The molecule has 0 aliphatic rings. The number of rotatable bonds is 7. The Bertz CT molecular complexity index is 774. The van der Waals surface area contributed by atoms with Crippen LogP contribution >= 0.6 is 0 Å². The molecule has 2 rings (SSSR count). The lowest BCUT2D eigenvalue weighted by Gasteiger charge is -2.30. The molecule has 1 atom stereocenters. The van der Waals surface area contributed by atoms with E-state index in [2.05, 4.69) is 5.32 Å². The minimum Gasteiger partial charge on any atom is -0.497 e. The van der Waals surface area contributed by atoms with Crippen molar-refractivity contribution < 1.29 is 24.2 Å². The Balaban J connectivity index is 2.35. The average molecular weight is 343 g/mol. The van der Waals surface area contributed by atoms with Crippen LogP contribution < -0.4 is 14.8 Å². The number of carbonyl (C=O) groups excluding carboxylic acids is 1. The van der Waals surface area contributed by atoms with Crippen LogP contribution in [0.5, 0.6) is 11.5 Å². The average Bonchev–Trinajstić information content (AvgIpc) is 2.61. The summed E-state index contributed by atoms with van der Waals surface area (Å²) in [4.78, 5) is 24.0. The normalized spacial score (nSPS) is 12.8. The zero-order valence-electron chi connectivity index (χ0n) is 14.4. The van der Waals surface area contributed by atoms with E-state index >= 15 is 0 Å². The van der Waals surface area contributed by atoms with Gasteiger partial charge in [-0.05, 0) is 42.8 Å². The zero-order valence-corrected chi connectivity index (χ0v) is 14.4. The van der Waals surface area contributed by atoms with Crippen LogP contribution in [0.3, 0.4) is 0 Å². The molecule has 0 aromatic heterocycles. The van der Waals surface area contributed by atoms with E-state index in [1.54, 1.807) is 55.5 Å². The highest BCUT2D eigenvalue weighted by molar-refractivity contribution is 5.95. The molecule has 0 bridgehead atoms. The van der Waals surface area contributed by atoms with Gasteiger partial charge in [-0.3, -0.25) is 9.59 Å². The molecule has 1 amide bonds. The number of benzene rings is 2. The SMILES string of the molecule is COc1cccc(C(=O)NC(C)(CC(=O)O)c2cccc(OC)c2)c1. The molecule has 0 aliphatic heterocycles. The Morgan fingerprint density at radius 3 is 2.24 bits per heavy atom. The lowest BCUT2D eigenvalue weighted by Crippen LogP contribution is -2.45. The number of nitrogens with one attached hydrogen (secondary N) is 1. The monoisotopic (exact) mass is 343 g/mol. The number of hydrogen-bond donors (Lipinski definition) is 2. The topological polar surface area (TPSA) is 84.9 Å². The Morgan fingerprint density at radius 1 is 1.04 bits per heavy atom. The van der Waals surface area contributed by atoms with Gasteiger partial charge in [0.15, 0.2) is 0 Å². The van der Waals surface area contributed by atoms with Crippen molar-refractivity contribution in [2.75, 3.05) is 14.2 Å². The summed E-state index contributed by atoms with van der Waals surface area (Å²) < 4.78 is 10.3. The molecule has 0 saturated carbocycles. The molecule has 1 unspecified atom stereocenters. The van der Waals surface area contributed by atoms with Crippen LogP contribution in [0.15, 0.2) is 48.5 Å². The molecule has 2 aromatic rings. The number of amides is 1. The van der Waals surface area contributed by atoms with Crippen molar-refractivity contribution in [2.45, 2.75) is 18.9 Å². The summed E-state index contributed by atoms with van der Waals surface area (Å²) in [5.41, 5.74) is -0.0649. The fraction of sp³-hybridized carbons (Fsp3) is 0.263. The van der Waals surface area contributed by atoms with E-state index in [0.29, 0.717) is 22.6 Å². The van der Waals surface area contributed by atoms with Crippen molar-refractivity contribution in [3.05, 3.63) is 59.7 Å². The van der Waals surface area contributed by atoms with Gasteiger partial charge in [0.05, 0.1) is 26.2 Å². The molecule has 0 spiro atoms. The van der Waals surface area contributed by atoms with Gasteiger partial charge in [-0.15, -0.1) is 0 Å². The molecular weight excluding hydrogens is 322 g/mol. The highest BCUT2D eigenvalue weighted by Crippen LogP contribution is 2.28. The first-order chi connectivity index (χ1) is 11.9. The smallest absolute Gasteiger partial charge is 0.306 e. The van der Waals surface area contributed by atoms with Crippen LogP contribution in [0, 0.1) is 0 Å². The predicted octanol–water partition coefficient (Wildman–Crippen LogP) is 2.82. The van der Waals surface area contributed by atoms with Crippen LogP contribution in [-0.4, -0.2) is 31.2 Å². The highest BCUT2D eigenvalue weighted by atomic mass is 16.5. The van der Waals surface area contributed by atoms with Crippen molar-refractivity contribution in [3.8, 4) is 11.5 Å². The molecule has 0 heterocycles. The Kier molecular flexibility index (Phi) is 5.64. The summed E-state index contributed by atoms with van der Waals surface area (Å²) in [6.45, 7) is 1.67. The molecule has 2 aromatic carbocycles. The molecule has 25 heavy (non-hydrogen) atoms. The zero-order chi connectivity index (χ0) is 18.4. The van der Waals surface area contributed by atoms with Gasteiger partial charge in [0, 0.05) is 5.56 Å². The van der Waals surface area contributed by atoms with Gasteiger partial charge in [0.25, 0.3) is 5.91 Å². The second-order valence-electron chi connectivity index (χ2n) is 5.82. The lowest BCUT2D eigenvalue weighted by atomic mass is 9.88. The molecule has 0 saturated heterocycles. The molecule has 0 aliphatic carbocycles. The summed E-state index contributed by atoms with van der Waals surface area (Å²) in [5.74, 6) is -0.263. The maximum absolute atomic E-state index is 12.6. The summed E-state index contributed by atoms with van der Waals surface area (Å²) in [5, 5.41) is 12.1. The lowest BCUT2D eigenvalue weighted by molar-refractivity contribution is -0.138. The van der Waals surface area contributed by atoms with E-state index in [0.717, 1.165) is 0 Å². The number of methoxy groups -OCH3 is 2. The molecule has 132 valence electrons. The fourth-order valence-corrected chi connectivity index (χ4v) is 2.57. The van der Waals surface area contributed by atoms with Crippen LogP contribution in [0.4, 0.5) is 0 Å². The van der Waals surface area contributed by atoms with Crippen molar-refractivity contribution in [2.24, 2.45) is 0 Å². The third kappa shape index (κ3) is 4.50. The largest absolute Gasteiger partial charge is 0.497 e. The molecule has 6 heteroatoms. The Hall–Kier alpha value is -3.02. The maximum Gasteiger partial charge on any atom is 0.306 e. The quantitative estimate of drug-likeness (QED) is 0.807. The maximum atomic E-state index is 12.6. The first-order valence-electron chi connectivity index (χ1n) is 7.71. The van der Waals surface area contributed by atoms with Crippen LogP contribution in [0.2, 0.25) is 0 Å². The molecule has 6 nitrogen and oxygen atoms in total. The van der Waals surface area contributed by atoms with E-state index < -0.39 is 11.5 Å². The molecule has 0 radical (unpaired) electrons. The Morgan fingerprint density at radius 2 is 1.64 bits per heavy atom. The first-order valence-corrected chi connectivity index (χ1v) is 7.71. The third-order valence-corrected chi connectivity index (χ3v) is 3.93. The van der Waals surface area contributed by atoms with E-state index in [1.807, 2.05) is 0 Å². The van der Waals surface area contributed by atoms with Gasteiger partial charge in [-0.2, -0.15) is 0 Å². The van der Waals surface area contributed by atoms with E-state index in [1.165, 1.54) is 14.2 Å². The first kappa shape index (κ1) is 18.3. The summed E-state index contributed by atoms with van der Waals surface area (Å²) in [6.07, 6.45) is -0.268. The van der Waals surface area contributed by atoms with Gasteiger partial charge in [-0.1, -0.05) is 18.2 Å². The standard InChI is InChI=1S/C19H21NO5/c1-19(12-17(21)22,14-7-5-9-16(11-14)25-3)20-18(23)13-6-4-8-15(10-13)24-2/h4-11H,12H2,1-3H3,(H,20,23)(H,21,22). The second kappa shape index (κ2) is 7.70. The third-order valence-electron chi connectivity index (χ3n) is 3.93. The van der Waals surface area contributed by atoms with Crippen molar-refractivity contribution in [1.29, 1.82) is 0 Å². The van der Waals surface area contributed by atoms with E-state index in [4.69, 9.17) is 9.47 Å².